The topological polar surface area (TPSA) is 404 Å². The van der Waals surface area contributed by atoms with E-state index in [9.17, 15) is 4.39 Å². The molecule has 0 spiro atoms. The standard InChI is InChI=1S/C13H20N4.C13H22N4.C11H11N5.2C11H17N3.C10H16N4.C10H12N4.C10H15N3.C9H12FN3.C9H13N3/c1-2-6-15-10-13(17-7-3-4-8-17)11-16(12-15)9-5-14;1-4-8-15-10-13(17(5-2)6-3)11-16(12-15)9-7-14;1-2-10(7-12)15-3-5-16(6-4-15)11(8-13)9-14;1-4-6-13-9-14(7-5-12)11(3)8-10(13)2;1-4-6-13-8-10(2)9-14(7-5-12)11(13)3;11-3-1-5-13-7-9-14(10-8-13)6-2-4-12;1-2-4-13-7-10(6-12)8-14(9-13)5-3-11;1-3-5-12-7-8-13(6-4-11)10(2)9-12;1-2-4-12-6-7-13(5-3-11)9(10)8-12;1-2-4-11-6-8-12(5-3-10)9-7-11/h1,13H,3-4,6-12H2;1,13H,5-6,8-12H2,2-3H3;1,10-11H,3-6H2;2*1,10-11H,6-9H2,2-3H3;1-2,5-10H2;1,10H,4-5,7-9H2;1,10H,5-9H2,2H3;1,9H,4-8H2;1H,4-9H2. The molecule has 10 atom stereocenters. The lowest BCUT2D eigenvalue weighted by atomic mass is 10.0. The summed E-state index contributed by atoms with van der Waals surface area (Å²) in [7, 11) is 0. The maximum atomic E-state index is 13.3. The summed E-state index contributed by atoms with van der Waals surface area (Å²) in [5.41, 5.74) is 0. The molecule has 0 saturated carbocycles. The second-order valence-electron chi connectivity index (χ2n) is 36.8. The van der Waals surface area contributed by atoms with Gasteiger partial charge in [0.15, 0.2) is 18.4 Å². The molecule has 0 bridgehead atoms. The average molecular weight is 1960 g/mol. The first-order valence-electron chi connectivity index (χ1n) is 49.7. The molecule has 36 nitrogen and oxygen atoms in total. The van der Waals surface area contributed by atoms with Gasteiger partial charge in [-0.3, -0.25) is 108 Å². The number of terminal acetylenes is 9. The summed E-state index contributed by atoms with van der Waals surface area (Å²) in [6, 6.07) is 30.9. The van der Waals surface area contributed by atoms with E-state index in [2.05, 4.69) is 241 Å². The third-order valence-corrected chi connectivity index (χ3v) is 26.4. The largest absolute Gasteiger partial charge is 0.300 e. The van der Waals surface area contributed by atoms with Crippen molar-refractivity contribution in [2.24, 2.45) is 11.8 Å². The predicted octanol–water partition coefficient (Wildman–Crippen LogP) is 2.04. The minimum absolute atomic E-state index is 0.0366. The van der Waals surface area contributed by atoms with Gasteiger partial charge in [0.2, 0.25) is 0 Å². The molecule has 10 unspecified atom stereocenters. The Morgan fingerprint density at radius 1 is 0.299 bits per heavy atom. The first kappa shape index (κ1) is 128. The molecule has 0 aliphatic carbocycles. The predicted molar refractivity (Wildman–Crippen MR) is 557 cm³/mol. The summed E-state index contributed by atoms with van der Waals surface area (Å²) in [5, 5.41) is 121. The van der Waals surface area contributed by atoms with Crippen molar-refractivity contribution in [2.75, 3.05) is 341 Å². The van der Waals surface area contributed by atoms with Gasteiger partial charge in [0, 0.05) is 226 Å². The SMILES string of the molecule is C#CC(C#N)N1CCN(C(C#N)C#N)CC1.C#CCN1CC(C#N)CN(CC#N)C1.C#CCN1CC(C)CN(CC#N)C1C.C#CCN1CC(N(CC)CC)CN(CC#N)C1.C#CCN1CC(N2CCCC2)CN(CC#N)C1.C#CCN1CCN(CC#N)C(C)C1.C#CCN1CCN(CC#N)C(F)C1.C#CCN1CCN(CC#N)CC1.C#CCN1CN(CC#N)C(C)CC1C.N#CCCN1CCN(CCC#N)CC1. The lowest BCUT2D eigenvalue weighted by Crippen LogP contribution is -2.57. The Kier molecular flexibility index (Phi) is 70.5. The fraction of sp³-hybridized carbons (Fsp3) is 0.701. The van der Waals surface area contributed by atoms with Crippen molar-refractivity contribution >= 4 is 0 Å². The maximum absolute atomic E-state index is 13.3. The smallest absolute Gasteiger partial charge is 0.186 e. The molecule has 144 heavy (non-hydrogen) atoms. The van der Waals surface area contributed by atoms with Crippen LogP contribution in [0.1, 0.15) is 80.6 Å². The van der Waals surface area contributed by atoms with E-state index in [1.807, 2.05) is 43.9 Å². The van der Waals surface area contributed by atoms with Crippen LogP contribution in [0, 0.1) is 282 Å². The maximum Gasteiger partial charge on any atom is 0.186 e. The Labute approximate surface area is 865 Å². The van der Waals surface area contributed by atoms with Crippen molar-refractivity contribution < 1.29 is 4.39 Å². The second-order valence-corrected chi connectivity index (χ2v) is 36.8. The van der Waals surface area contributed by atoms with E-state index in [1.165, 1.54) is 30.8 Å². The van der Waals surface area contributed by atoms with Crippen LogP contribution in [0.4, 0.5) is 4.39 Å². The monoisotopic (exact) mass is 1960 g/mol. The number of hydrogen-bond acceptors (Lipinski definition) is 36. The normalized spacial score (nSPS) is 24.0. The number of nitriles is 14. The van der Waals surface area contributed by atoms with Gasteiger partial charge < -0.3 is 0 Å². The molecule has 0 amide bonds. The van der Waals surface area contributed by atoms with Gasteiger partial charge in [0.05, 0.1) is 228 Å². The number of alkyl halides is 1. The van der Waals surface area contributed by atoms with Gasteiger partial charge in [-0.05, 0) is 79.1 Å². The van der Waals surface area contributed by atoms with E-state index in [-0.39, 0.29) is 12.5 Å². The molecule has 770 valence electrons. The Hall–Kier alpha value is -12.0. The van der Waals surface area contributed by atoms with Crippen LogP contribution in [0.5, 0.6) is 0 Å². The van der Waals surface area contributed by atoms with Gasteiger partial charge in [0.25, 0.3) is 0 Å². The minimum atomic E-state index is -1.05. The molecule has 11 aliphatic rings. The molecule has 0 radical (unpaired) electrons. The highest BCUT2D eigenvalue weighted by Gasteiger charge is 2.35. The van der Waals surface area contributed by atoms with Crippen molar-refractivity contribution in [3.63, 3.8) is 0 Å². The molecular weight excluding hydrogens is 1810 g/mol. The van der Waals surface area contributed by atoms with Crippen molar-refractivity contribution in [1.29, 1.82) is 73.7 Å². The number of rotatable bonds is 26. The molecule has 0 aromatic heterocycles. The van der Waals surface area contributed by atoms with E-state index in [4.69, 9.17) is 131 Å². The first-order chi connectivity index (χ1) is 69.8. The molecule has 0 aromatic carbocycles. The highest BCUT2D eigenvalue weighted by atomic mass is 19.1. The van der Waals surface area contributed by atoms with Crippen LogP contribution in [-0.2, 0) is 0 Å². The highest BCUT2D eigenvalue weighted by molar-refractivity contribution is 5.15. The molecule has 11 heterocycles. The fourth-order valence-electron chi connectivity index (χ4n) is 18.6. The summed E-state index contributed by atoms with van der Waals surface area (Å²) in [4.78, 5) is 47.1. The van der Waals surface area contributed by atoms with Gasteiger partial charge in [-0.1, -0.05) is 74.1 Å². The number of hydrogen-bond donors (Lipinski definition) is 0. The van der Waals surface area contributed by atoms with Gasteiger partial charge >= 0.3 is 0 Å². The average Bonchev–Trinajstić information content (AvgIpc) is 1.79. The third kappa shape index (κ3) is 51.4. The number of likely N-dealkylation sites (tertiary alicyclic amines) is 1. The zero-order valence-corrected chi connectivity index (χ0v) is 86.8. The zero-order chi connectivity index (χ0) is 107. The highest BCUT2D eigenvalue weighted by Crippen LogP contribution is 2.23. The van der Waals surface area contributed by atoms with Crippen LogP contribution in [0.25, 0.3) is 0 Å². The van der Waals surface area contributed by atoms with E-state index >= 15 is 0 Å². The molecule has 11 fully saturated rings. The number of halogens is 1. The Balaban J connectivity index is 0.000000542. The van der Waals surface area contributed by atoms with E-state index in [0.29, 0.717) is 199 Å². The Bertz CT molecular complexity index is 4350. The van der Waals surface area contributed by atoms with Crippen LogP contribution in [0.2, 0.25) is 0 Å². The molecule has 11 aliphatic heterocycles. The first-order valence-corrected chi connectivity index (χ1v) is 49.7. The quantitative estimate of drug-likeness (QED) is 0.0679. The summed E-state index contributed by atoms with van der Waals surface area (Å²) >= 11 is 0. The summed E-state index contributed by atoms with van der Waals surface area (Å²) in [6.07, 6.45) is 51.6. The fourth-order valence-corrected chi connectivity index (χ4v) is 18.6. The third-order valence-electron chi connectivity index (χ3n) is 26.4. The molecule has 37 heteroatoms. The zero-order valence-electron chi connectivity index (χ0n) is 86.8. The lowest BCUT2D eigenvalue weighted by molar-refractivity contribution is 0.00784. The van der Waals surface area contributed by atoms with Crippen LogP contribution in [-0.4, -0.2) is 503 Å². The van der Waals surface area contributed by atoms with Crippen LogP contribution >= 0.6 is 0 Å². The van der Waals surface area contributed by atoms with E-state index in [0.717, 1.165) is 184 Å². The number of piperazine rings is 5. The Morgan fingerprint density at radius 3 is 1.04 bits per heavy atom. The van der Waals surface area contributed by atoms with Gasteiger partial charge in [-0.2, -0.15) is 73.7 Å². The van der Waals surface area contributed by atoms with Crippen LogP contribution in [0.3, 0.4) is 0 Å². The molecule has 11 rings (SSSR count). The van der Waals surface area contributed by atoms with Gasteiger partial charge in [-0.15, -0.1) is 57.8 Å². The van der Waals surface area contributed by atoms with Crippen LogP contribution in [0.15, 0.2) is 0 Å². The number of nitrogens with zero attached hydrogens (tertiary/aromatic N) is 36. The van der Waals surface area contributed by atoms with Crippen molar-refractivity contribution in [3.05, 3.63) is 0 Å². The van der Waals surface area contributed by atoms with E-state index < -0.39 is 18.4 Å². The van der Waals surface area contributed by atoms with Crippen molar-refractivity contribution in [3.8, 4) is 196 Å². The van der Waals surface area contributed by atoms with Gasteiger partial charge in [-0.25, -0.2) is 4.39 Å². The minimum Gasteiger partial charge on any atom is -0.300 e. The molecule has 0 N–H and O–H groups in total. The molecular formula is C107H155FN36. The van der Waals surface area contributed by atoms with Gasteiger partial charge in [0.1, 0.15) is 0 Å². The molecule has 0 aromatic rings. The number of likely N-dealkylation sites (N-methyl/N-ethyl adjacent to an activating group) is 1. The summed E-state index contributed by atoms with van der Waals surface area (Å²) in [5.74, 6) is 24.0. The van der Waals surface area contributed by atoms with E-state index in [1.54, 1.807) is 4.90 Å². The molecule has 11 saturated heterocycles. The van der Waals surface area contributed by atoms with Crippen molar-refractivity contribution in [1.82, 2.24) is 108 Å². The second kappa shape index (κ2) is 79.3. The lowest BCUT2D eigenvalue weighted by Gasteiger charge is -2.43. The summed E-state index contributed by atoms with van der Waals surface area (Å²) in [6.45, 7) is 55.8. The Morgan fingerprint density at radius 2 is 0.632 bits per heavy atom. The summed E-state index contributed by atoms with van der Waals surface area (Å²) < 4.78 is 13.3. The van der Waals surface area contributed by atoms with Crippen molar-refractivity contribution in [2.45, 2.75) is 135 Å². The van der Waals surface area contributed by atoms with Crippen LogP contribution < -0.4 is 0 Å².